The Morgan fingerprint density at radius 2 is 1.88 bits per heavy atom. The summed E-state index contributed by atoms with van der Waals surface area (Å²) < 4.78 is 37.3. The smallest absolute Gasteiger partial charge is 0.282 e. The van der Waals surface area contributed by atoms with Gasteiger partial charge in [0, 0.05) is 31.9 Å². The van der Waals surface area contributed by atoms with Crippen LogP contribution in [0.1, 0.15) is 49.1 Å². The van der Waals surface area contributed by atoms with E-state index >= 15 is 0 Å². The fraction of sp³-hybridized carbons (Fsp3) is 0.824. The molecule has 1 saturated carbocycles. The minimum Gasteiger partial charge on any atom is -0.379 e. The zero-order valence-corrected chi connectivity index (χ0v) is 15.8. The van der Waals surface area contributed by atoms with Crippen molar-refractivity contribution >= 4 is 10.2 Å². The van der Waals surface area contributed by atoms with E-state index < -0.39 is 10.2 Å². The highest BCUT2D eigenvalue weighted by Crippen LogP contribution is 2.31. The number of fused-ring (bicyclic) bond motifs is 1. The fourth-order valence-electron chi connectivity index (χ4n) is 4.49. The van der Waals surface area contributed by atoms with Gasteiger partial charge in [0.25, 0.3) is 10.2 Å². The van der Waals surface area contributed by atoms with Crippen LogP contribution in [0.2, 0.25) is 0 Å². The first-order chi connectivity index (χ1) is 12.1. The second-order valence-corrected chi connectivity index (χ2v) is 9.23. The quantitative estimate of drug-likeness (QED) is 0.784. The van der Waals surface area contributed by atoms with E-state index in [-0.39, 0.29) is 6.04 Å². The lowest BCUT2D eigenvalue weighted by molar-refractivity contribution is 0.0689. The van der Waals surface area contributed by atoms with Crippen molar-refractivity contribution in [3.63, 3.8) is 0 Å². The summed E-state index contributed by atoms with van der Waals surface area (Å²) in [6.45, 7) is 2.28. The van der Waals surface area contributed by atoms with Crippen molar-refractivity contribution < 1.29 is 13.2 Å². The lowest BCUT2D eigenvalue weighted by Gasteiger charge is -2.35. The van der Waals surface area contributed by atoms with Crippen molar-refractivity contribution in [2.45, 2.75) is 57.5 Å². The summed E-state index contributed by atoms with van der Waals surface area (Å²) in [5, 5.41) is 4.67. The van der Waals surface area contributed by atoms with Crippen molar-refractivity contribution in [3.8, 4) is 0 Å². The Kier molecular flexibility index (Phi) is 4.87. The van der Waals surface area contributed by atoms with Gasteiger partial charge < -0.3 is 4.74 Å². The lowest BCUT2D eigenvalue weighted by atomic mass is 10.2. The number of aromatic nitrogens is 2. The summed E-state index contributed by atoms with van der Waals surface area (Å²) in [7, 11) is -1.50. The molecular weight excluding hydrogens is 340 g/mol. The van der Waals surface area contributed by atoms with Crippen LogP contribution in [-0.2, 0) is 41.4 Å². The van der Waals surface area contributed by atoms with E-state index in [2.05, 4.69) is 5.10 Å². The molecule has 0 unspecified atom stereocenters. The predicted molar refractivity (Wildman–Crippen MR) is 94.3 cm³/mol. The number of rotatable bonds is 5. The third-order valence-corrected chi connectivity index (χ3v) is 7.87. The minimum atomic E-state index is -3.48. The topological polar surface area (TPSA) is 67.7 Å². The van der Waals surface area contributed by atoms with Crippen LogP contribution in [0.3, 0.4) is 0 Å². The van der Waals surface area contributed by atoms with Gasteiger partial charge in [0.1, 0.15) is 0 Å². The van der Waals surface area contributed by atoms with Gasteiger partial charge in [0.05, 0.1) is 25.5 Å². The van der Waals surface area contributed by atoms with E-state index in [4.69, 9.17) is 4.74 Å². The molecule has 0 radical (unpaired) electrons. The molecule has 4 rings (SSSR count). The molecule has 7 nitrogen and oxygen atoms in total. The van der Waals surface area contributed by atoms with E-state index in [1.807, 2.05) is 11.7 Å². The largest absolute Gasteiger partial charge is 0.379 e. The van der Waals surface area contributed by atoms with Gasteiger partial charge >= 0.3 is 0 Å². The van der Waals surface area contributed by atoms with Gasteiger partial charge in [-0.3, -0.25) is 4.68 Å². The zero-order valence-electron chi connectivity index (χ0n) is 15.0. The molecule has 2 aliphatic carbocycles. The Morgan fingerprint density at radius 1 is 1.16 bits per heavy atom. The van der Waals surface area contributed by atoms with Crippen LogP contribution in [-0.4, -0.2) is 59.2 Å². The normalized spacial score (nSPS) is 22.8. The van der Waals surface area contributed by atoms with Gasteiger partial charge in [-0.25, -0.2) is 0 Å². The lowest BCUT2D eigenvalue weighted by Crippen LogP contribution is -2.51. The first-order valence-electron chi connectivity index (χ1n) is 9.45. The zero-order chi connectivity index (χ0) is 17.4. The molecular formula is C17H28N4O3S. The van der Waals surface area contributed by atoms with Crippen LogP contribution in [0.25, 0.3) is 0 Å². The van der Waals surface area contributed by atoms with E-state index in [0.717, 1.165) is 50.6 Å². The van der Waals surface area contributed by atoms with Gasteiger partial charge in [-0.2, -0.15) is 22.1 Å². The summed E-state index contributed by atoms with van der Waals surface area (Å²) >= 11 is 0. The second kappa shape index (κ2) is 6.98. The molecule has 140 valence electrons. The SMILES string of the molecule is Cn1nc(CN(C2CCCC2)S(=O)(=O)N2CCOCC2)c2c1CCC2. The Hall–Kier alpha value is -0.960. The average Bonchev–Trinajstić information content (AvgIpc) is 3.34. The summed E-state index contributed by atoms with van der Waals surface area (Å²) in [6, 6.07) is 0.104. The van der Waals surface area contributed by atoms with Gasteiger partial charge in [-0.05, 0) is 37.7 Å². The molecule has 1 aliphatic heterocycles. The van der Waals surface area contributed by atoms with Crippen LogP contribution in [0, 0.1) is 0 Å². The Labute approximate surface area is 150 Å². The average molecular weight is 369 g/mol. The highest BCUT2D eigenvalue weighted by Gasteiger charge is 2.38. The Balaban J connectivity index is 1.63. The van der Waals surface area contributed by atoms with Crippen LogP contribution in [0.4, 0.5) is 0 Å². The molecule has 0 amide bonds. The van der Waals surface area contributed by atoms with Crippen molar-refractivity contribution in [2.75, 3.05) is 26.3 Å². The molecule has 3 aliphatic rings. The molecule has 1 saturated heterocycles. The molecule has 0 N–H and O–H groups in total. The van der Waals surface area contributed by atoms with Gasteiger partial charge in [0.2, 0.25) is 0 Å². The third kappa shape index (κ3) is 3.25. The number of nitrogens with zero attached hydrogens (tertiary/aromatic N) is 4. The highest BCUT2D eigenvalue weighted by molar-refractivity contribution is 7.86. The van der Waals surface area contributed by atoms with Crippen molar-refractivity contribution in [1.82, 2.24) is 18.4 Å². The minimum absolute atomic E-state index is 0.104. The summed E-state index contributed by atoms with van der Waals surface area (Å²) in [5.74, 6) is 0. The number of hydrogen-bond acceptors (Lipinski definition) is 4. The Bertz CT molecular complexity index is 718. The van der Waals surface area contributed by atoms with E-state index in [0.29, 0.717) is 32.8 Å². The first kappa shape index (κ1) is 17.5. The molecule has 8 heteroatoms. The first-order valence-corrected chi connectivity index (χ1v) is 10.9. The van der Waals surface area contributed by atoms with Crippen LogP contribution < -0.4 is 0 Å². The molecule has 1 aromatic heterocycles. The Morgan fingerprint density at radius 3 is 2.60 bits per heavy atom. The number of aryl methyl sites for hydroxylation is 1. The van der Waals surface area contributed by atoms with Crippen molar-refractivity contribution in [2.24, 2.45) is 7.05 Å². The van der Waals surface area contributed by atoms with Gasteiger partial charge in [-0.1, -0.05) is 12.8 Å². The summed E-state index contributed by atoms with van der Waals surface area (Å²) in [6.07, 6.45) is 7.36. The highest BCUT2D eigenvalue weighted by atomic mass is 32.2. The van der Waals surface area contributed by atoms with E-state index in [9.17, 15) is 8.42 Å². The van der Waals surface area contributed by atoms with Gasteiger partial charge in [0.15, 0.2) is 0 Å². The molecule has 2 fully saturated rings. The number of morpholine rings is 1. The number of hydrogen-bond donors (Lipinski definition) is 0. The molecule has 1 aromatic rings. The summed E-state index contributed by atoms with van der Waals surface area (Å²) in [4.78, 5) is 0. The molecule has 25 heavy (non-hydrogen) atoms. The third-order valence-electron chi connectivity index (χ3n) is 5.83. The van der Waals surface area contributed by atoms with E-state index in [1.165, 1.54) is 11.3 Å². The van der Waals surface area contributed by atoms with E-state index in [1.54, 1.807) is 8.61 Å². The summed E-state index contributed by atoms with van der Waals surface area (Å²) in [5.41, 5.74) is 3.52. The molecule has 0 spiro atoms. The van der Waals surface area contributed by atoms with Crippen LogP contribution in [0.5, 0.6) is 0 Å². The molecule has 2 heterocycles. The molecule has 0 aromatic carbocycles. The maximum Gasteiger partial charge on any atom is 0.282 e. The molecule has 0 atom stereocenters. The maximum atomic E-state index is 13.3. The van der Waals surface area contributed by atoms with Gasteiger partial charge in [-0.15, -0.1) is 0 Å². The monoisotopic (exact) mass is 368 g/mol. The number of ether oxygens (including phenoxy) is 1. The standard InChI is InChI=1S/C17H28N4O3S/c1-19-17-8-4-7-15(17)16(18-19)13-21(14-5-2-3-6-14)25(22,23)20-9-11-24-12-10-20/h14H,2-13H2,1H3. The fourth-order valence-corrected chi connectivity index (χ4v) is 6.27. The maximum absolute atomic E-state index is 13.3. The molecule has 0 bridgehead atoms. The second-order valence-electron chi connectivity index (χ2n) is 7.35. The van der Waals surface area contributed by atoms with Crippen LogP contribution in [0.15, 0.2) is 0 Å². The predicted octanol–water partition coefficient (Wildman–Crippen LogP) is 1.23. The van der Waals surface area contributed by atoms with Crippen LogP contribution >= 0.6 is 0 Å². The van der Waals surface area contributed by atoms with Crippen molar-refractivity contribution in [3.05, 3.63) is 17.0 Å². The van der Waals surface area contributed by atoms with Crippen molar-refractivity contribution in [1.29, 1.82) is 0 Å².